The predicted molar refractivity (Wildman–Crippen MR) is 80.6 cm³/mol. The monoisotopic (exact) mass is 408 g/mol. The molecule has 0 saturated carbocycles. The maximum Gasteiger partial charge on any atom is 0.131 e. The predicted octanol–water partition coefficient (Wildman–Crippen LogP) is 6.13. The van der Waals surface area contributed by atoms with Crippen LogP contribution in [0.15, 0.2) is 39.3 Å². The molecule has 0 amide bonds. The molecular formula is C14H9Br2ClF2. The standard InChI is InChI=1S/C14H9Br2ClF2/c1-7-5-10(16)8(6-9(7)15)14(17)13-11(18)3-2-4-12(13)19/h2-6,14H,1H3. The Hall–Kier alpha value is -0.450. The molecule has 0 spiro atoms. The van der Waals surface area contributed by atoms with Gasteiger partial charge in [-0.25, -0.2) is 8.78 Å². The van der Waals surface area contributed by atoms with Crippen LogP contribution in [0.2, 0.25) is 0 Å². The molecule has 0 aliphatic heterocycles. The largest absolute Gasteiger partial charge is 0.207 e. The molecule has 1 atom stereocenters. The summed E-state index contributed by atoms with van der Waals surface area (Å²) < 4.78 is 29.1. The van der Waals surface area contributed by atoms with Gasteiger partial charge in [-0.1, -0.05) is 37.9 Å². The number of benzene rings is 2. The zero-order valence-corrected chi connectivity index (χ0v) is 13.8. The van der Waals surface area contributed by atoms with E-state index < -0.39 is 17.0 Å². The number of rotatable bonds is 2. The van der Waals surface area contributed by atoms with Crippen LogP contribution in [0.25, 0.3) is 0 Å². The average molecular weight is 410 g/mol. The second kappa shape index (κ2) is 5.90. The minimum absolute atomic E-state index is 0.138. The summed E-state index contributed by atoms with van der Waals surface area (Å²) >= 11 is 13.0. The van der Waals surface area contributed by atoms with Crippen LogP contribution in [0, 0.1) is 18.6 Å². The van der Waals surface area contributed by atoms with Crippen molar-refractivity contribution in [3.8, 4) is 0 Å². The van der Waals surface area contributed by atoms with E-state index in [2.05, 4.69) is 31.9 Å². The van der Waals surface area contributed by atoms with Crippen LogP contribution in [-0.4, -0.2) is 0 Å². The Kier molecular flexibility index (Phi) is 4.64. The van der Waals surface area contributed by atoms with E-state index in [0.717, 1.165) is 14.5 Å². The Labute approximate surface area is 132 Å². The van der Waals surface area contributed by atoms with E-state index in [4.69, 9.17) is 11.6 Å². The lowest BCUT2D eigenvalue weighted by molar-refractivity contribution is 0.559. The summed E-state index contributed by atoms with van der Waals surface area (Å²) in [5.74, 6) is -1.30. The molecule has 0 bridgehead atoms. The summed E-state index contributed by atoms with van der Waals surface area (Å²) in [6, 6.07) is 7.34. The minimum atomic E-state index is -0.896. The molecule has 0 aliphatic rings. The molecule has 2 aromatic carbocycles. The molecule has 0 nitrogen and oxygen atoms in total. The Morgan fingerprint density at radius 2 is 1.63 bits per heavy atom. The fraction of sp³-hybridized carbons (Fsp3) is 0.143. The average Bonchev–Trinajstić information content (AvgIpc) is 2.33. The van der Waals surface area contributed by atoms with Gasteiger partial charge >= 0.3 is 0 Å². The van der Waals surface area contributed by atoms with Gasteiger partial charge in [-0.2, -0.15) is 0 Å². The number of alkyl halides is 1. The van der Waals surface area contributed by atoms with Crippen LogP contribution in [-0.2, 0) is 0 Å². The van der Waals surface area contributed by atoms with Crippen LogP contribution in [0.1, 0.15) is 22.1 Å². The molecule has 2 aromatic rings. The van der Waals surface area contributed by atoms with E-state index in [1.807, 2.05) is 13.0 Å². The van der Waals surface area contributed by atoms with E-state index >= 15 is 0 Å². The first kappa shape index (κ1) is 14.9. The van der Waals surface area contributed by atoms with Crippen molar-refractivity contribution >= 4 is 43.5 Å². The van der Waals surface area contributed by atoms with Crippen molar-refractivity contribution in [2.75, 3.05) is 0 Å². The molecule has 2 rings (SSSR count). The Morgan fingerprint density at radius 1 is 1.05 bits per heavy atom. The molecule has 0 heterocycles. The van der Waals surface area contributed by atoms with Crippen molar-refractivity contribution in [3.63, 3.8) is 0 Å². The van der Waals surface area contributed by atoms with Crippen molar-refractivity contribution in [1.29, 1.82) is 0 Å². The number of aryl methyl sites for hydroxylation is 1. The van der Waals surface area contributed by atoms with E-state index in [9.17, 15) is 8.78 Å². The Morgan fingerprint density at radius 3 is 2.21 bits per heavy atom. The molecule has 0 aromatic heterocycles. The smallest absolute Gasteiger partial charge is 0.131 e. The van der Waals surface area contributed by atoms with Crippen LogP contribution in [0.4, 0.5) is 8.78 Å². The van der Waals surface area contributed by atoms with Gasteiger partial charge in [0, 0.05) is 14.5 Å². The Bertz CT molecular complexity index is 609. The normalized spacial score (nSPS) is 12.5. The van der Waals surface area contributed by atoms with E-state index in [1.54, 1.807) is 6.07 Å². The van der Waals surface area contributed by atoms with Gasteiger partial charge in [-0.3, -0.25) is 0 Å². The van der Waals surface area contributed by atoms with Gasteiger partial charge in [0.15, 0.2) is 0 Å². The topological polar surface area (TPSA) is 0 Å². The molecule has 1 unspecified atom stereocenters. The molecule has 100 valence electrons. The van der Waals surface area contributed by atoms with Gasteiger partial charge in [-0.05, 0) is 42.3 Å². The molecule has 0 fully saturated rings. The SMILES string of the molecule is Cc1cc(Br)c(C(Cl)c2c(F)cccc2F)cc1Br. The van der Waals surface area contributed by atoms with E-state index in [-0.39, 0.29) is 5.56 Å². The third-order valence-electron chi connectivity index (χ3n) is 2.80. The number of hydrogen-bond acceptors (Lipinski definition) is 0. The van der Waals surface area contributed by atoms with E-state index in [0.29, 0.717) is 5.56 Å². The molecule has 0 N–H and O–H groups in total. The quantitative estimate of drug-likeness (QED) is 0.523. The molecule has 0 saturated heterocycles. The summed E-state index contributed by atoms with van der Waals surface area (Å²) in [5, 5.41) is -0.896. The molecule has 19 heavy (non-hydrogen) atoms. The summed E-state index contributed by atoms with van der Waals surface area (Å²) in [6.45, 7) is 1.92. The van der Waals surface area contributed by atoms with Gasteiger partial charge in [-0.15, -0.1) is 11.6 Å². The fourth-order valence-corrected chi connectivity index (χ4v) is 3.33. The van der Waals surface area contributed by atoms with E-state index in [1.165, 1.54) is 18.2 Å². The summed E-state index contributed by atoms with van der Waals surface area (Å²) in [5.41, 5.74) is 1.48. The highest BCUT2D eigenvalue weighted by Gasteiger charge is 2.22. The summed E-state index contributed by atoms with van der Waals surface area (Å²) in [6.07, 6.45) is 0. The van der Waals surface area contributed by atoms with Gasteiger partial charge in [0.25, 0.3) is 0 Å². The lowest BCUT2D eigenvalue weighted by Crippen LogP contribution is -2.02. The third-order valence-corrected chi connectivity index (χ3v) is 4.80. The highest BCUT2D eigenvalue weighted by Crippen LogP contribution is 2.38. The zero-order valence-electron chi connectivity index (χ0n) is 9.85. The van der Waals surface area contributed by atoms with Gasteiger partial charge < -0.3 is 0 Å². The van der Waals surface area contributed by atoms with Gasteiger partial charge in [0.05, 0.1) is 5.38 Å². The van der Waals surface area contributed by atoms with Crippen LogP contribution >= 0.6 is 43.5 Å². The zero-order chi connectivity index (χ0) is 14.2. The van der Waals surface area contributed by atoms with Crippen molar-refractivity contribution in [3.05, 3.63) is 67.6 Å². The minimum Gasteiger partial charge on any atom is -0.207 e. The van der Waals surface area contributed by atoms with Crippen molar-refractivity contribution in [1.82, 2.24) is 0 Å². The first-order valence-corrected chi connectivity index (χ1v) is 7.47. The lowest BCUT2D eigenvalue weighted by Gasteiger charge is -2.15. The summed E-state index contributed by atoms with van der Waals surface area (Å²) in [4.78, 5) is 0. The van der Waals surface area contributed by atoms with Crippen molar-refractivity contribution < 1.29 is 8.78 Å². The first-order valence-electron chi connectivity index (χ1n) is 5.45. The van der Waals surface area contributed by atoms with Crippen LogP contribution in [0.3, 0.4) is 0 Å². The maximum atomic E-state index is 13.7. The third kappa shape index (κ3) is 3.01. The molecule has 0 aliphatic carbocycles. The second-order valence-corrected chi connectivity index (χ2v) is 6.27. The number of hydrogen-bond donors (Lipinski definition) is 0. The summed E-state index contributed by atoms with van der Waals surface area (Å²) in [7, 11) is 0. The second-order valence-electron chi connectivity index (χ2n) is 4.12. The highest BCUT2D eigenvalue weighted by atomic mass is 79.9. The highest BCUT2D eigenvalue weighted by molar-refractivity contribution is 9.11. The Balaban J connectivity index is 2.56. The molecule has 0 radical (unpaired) electrons. The van der Waals surface area contributed by atoms with Gasteiger partial charge in [0.2, 0.25) is 0 Å². The molecular weight excluding hydrogens is 401 g/mol. The first-order chi connectivity index (χ1) is 8.91. The van der Waals surface area contributed by atoms with Crippen molar-refractivity contribution in [2.45, 2.75) is 12.3 Å². The van der Waals surface area contributed by atoms with Crippen molar-refractivity contribution in [2.24, 2.45) is 0 Å². The lowest BCUT2D eigenvalue weighted by atomic mass is 10.0. The van der Waals surface area contributed by atoms with Crippen LogP contribution < -0.4 is 0 Å². The van der Waals surface area contributed by atoms with Gasteiger partial charge in [0.1, 0.15) is 11.6 Å². The number of halogens is 5. The van der Waals surface area contributed by atoms with Crippen LogP contribution in [0.5, 0.6) is 0 Å². The molecule has 5 heteroatoms. The maximum absolute atomic E-state index is 13.7. The fourth-order valence-electron chi connectivity index (χ4n) is 1.76.